The molecule has 1 aromatic carbocycles. The zero-order valence-corrected chi connectivity index (χ0v) is 12.3. The summed E-state index contributed by atoms with van der Waals surface area (Å²) in [5.74, 6) is 0.772. The van der Waals surface area contributed by atoms with Crippen LogP contribution >= 0.6 is 11.6 Å². The highest BCUT2D eigenvalue weighted by atomic mass is 35.5. The Labute approximate surface area is 127 Å². The van der Waals surface area contributed by atoms with Crippen molar-refractivity contribution >= 4 is 28.2 Å². The Morgan fingerprint density at radius 3 is 2.86 bits per heavy atom. The summed E-state index contributed by atoms with van der Waals surface area (Å²) >= 11 is 6.02. The second-order valence-corrected chi connectivity index (χ2v) is 4.89. The Hall–Kier alpha value is -2.33. The van der Waals surface area contributed by atoms with Crippen LogP contribution in [0.5, 0.6) is 5.75 Å². The topological polar surface area (TPSA) is 47.0 Å². The van der Waals surface area contributed by atoms with Crippen molar-refractivity contribution in [2.45, 2.75) is 6.54 Å². The van der Waals surface area contributed by atoms with Crippen molar-refractivity contribution in [3.63, 3.8) is 0 Å². The molecule has 2 heterocycles. The van der Waals surface area contributed by atoms with Crippen LogP contribution in [0, 0.1) is 0 Å². The molecule has 2 aromatic heterocycles. The number of rotatable bonds is 4. The van der Waals surface area contributed by atoms with Gasteiger partial charge in [-0.15, -0.1) is 0 Å². The largest absolute Gasteiger partial charge is 0.494 e. The molecule has 0 saturated heterocycles. The molecule has 0 unspecified atom stereocenters. The van der Waals surface area contributed by atoms with E-state index in [-0.39, 0.29) is 0 Å². The summed E-state index contributed by atoms with van der Waals surface area (Å²) in [6.07, 6.45) is 1.66. The van der Waals surface area contributed by atoms with Gasteiger partial charge in [0.05, 0.1) is 25.0 Å². The molecule has 0 aliphatic heterocycles. The lowest BCUT2D eigenvalue weighted by Gasteiger charge is -2.09. The molecule has 106 valence electrons. The number of nitrogens with one attached hydrogen (secondary N) is 1. The number of benzene rings is 1. The standard InChI is InChI=1S/C16H14ClN3O/c1-21-14-6-2-4-11-7-8-12(20-15(11)14)10-19-13-5-3-9-18-16(13)17/h2-9,19H,10H2,1H3. The second kappa shape index (κ2) is 5.97. The Balaban J connectivity index is 1.86. The van der Waals surface area contributed by atoms with Gasteiger partial charge < -0.3 is 10.1 Å². The Bertz CT molecular complexity index is 776. The van der Waals surface area contributed by atoms with E-state index in [1.165, 1.54) is 0 Å². The van der Waals surface area contributed by atoms with E-state index in [9.17, 15) is 0 Å². The van der Waals surface area contributed by atoms with E-state index >= 15 is 0 Å². The molecular formula is C16H14ClN3O. The number of pyridine rings is 2. The summed E-state index contributed by atoms with van der Waals surface area (Å²) in [6, 6.07) is 13.6. The number of fused-ring (bicyclic) bond motifs is 1. The third kappa shape index (κ3) is 2.90. The van der Waals surface area contributed by atoms with Crippen molar-refractivity contribution in [2.24, 2.45) is 0 Å². The summed E-state index contributed by atoms with van der Waals surface area (Å²) in [5.41, 5.74) is 2.56. The van der Waals surface area contributed by atoms with E-state index in [0.29, 0.717) is 11.7 Å². The van der Waals surface area contributed by atoms with Gasteiger partial charge in [-0.1, -0.05) is 29.8 Å². The molecule has 5 heteroatoms. The van der Waals surface area contributed by atoms with Gasteiger partial charge >= 0.3 is 0 Å². The highest BCUT2D eigenvalue weighted by Gasteiger charge is 2.05. The normalized spacial score (nSPS) is 10.6. The van der Waals surface area contributed by atoms with Crippen molar-refractivity contribution in [3.8, 4) is 5.75 Å². The van der Waals surface area contributed by atoms with E-state index in [1.807, 2.05) is 42.5 Å². The summed E-state index contributed by atoms with van der Waals surface area (Å²) in [5, 5.41) is 4.74. The summed E-state index contributed by atoms with van der Waals surface area (Å²) in [7, 11) is 1.65. The predicted molar refractivity (Wildman–Crippen MR) is 84.9 cm³/mol. The molecular weight excluding hydrogens is 286 g/mol. The van der Waals surface area contributed by atoms with E-state index in [1.54, 1.807) is 13.3 Å². The minimum Gasteiger partial charge on any atom is -0.494 e. The molecule has 0 fully saturated rings. The molecule has 0 radical (unpaired) electrons. The minimum absolute atomic E-state index is 0.455. The van der Waals surface area contributed by atoms with Crippen LogP contribution in [0.3, 0.4) is 0 Å². The maximum atomic E-state index is 6.02. The summed E-state index contributed by atoms with van der Waals surface area (Å²) in [4.78, 5) is 8.67. The number of aromatic nitrogens is 2. The molecule has 3 rings (SSSR count). The van der Waals surface area contributed by atoms with Gasteiger partial charge in [-0.3, -0.25) is 0 Å². The second-order valence-electron chi connectivity index (χ2n) is 4.53. The van der Waals surface area contributed by atoms with Crippen LogP contribution in [0.2, 0.25) is 5.15 Å². The maximum Gasteiger partial charge on any atom is 0.152 e. The molecule has 3 aromatic rings. The SMILES string of the molecule is COc1cccc2ccc(CNc3cccnc3Cl)nc12. The zero-order valence-electron chi connectivity index (χ0n) is 11.5. The third-order valence-corrected chi connectivity index (χ3v) is 3.48. The smallest absolute Gasteiger partial charge is 0.152 e. The fourth-order valence-corrected chi connectivity index (χ4v) is 2.31. The van der Waals surface area contributed by atoms with Gasteiger partial charge in [-0.05, 0) is 24.3 Å². The van der Waals surface area contributed by atoms with Crippen molar-refractivity contribution in [2.75, 3.05) is 12.4 Å². The number of hydrogen-bond acceptors (Lipinski definition) is 4. The summed E-state index contributed by atoms with van der Waals surface area (Å²) in [6.45, 7) is 0.569. The minimum atomic E-state index is 0.455. The zero-order chi connectivity index (χ0) is 14.7. The average Bonchev–Trinajstić information content (AvgIpc) is 2.53. The number of hydrogen-bond donors (Lipinski definition) is 1. The van der Waals surface area contributed by atoms with Gasteiger partial charge in [0.1, 0.15) is 11.3 Å². The molecule has 0 saturated carbocycles. The van der Waals surface area contributed by atoms with Crippen molar-refractivity contribution in [1.82, 2.24) is 9.97 Å². The molecule has 0 aliphatic rings. The van der Waals surface area contributed by atoms with Crippen LogP contribution in [0.25, 0.3) is 10.9 Å². The number of anilines is 1. The summed E-state index contributed by atoms with van der Waals surface area (Å²) < 4.78 is 5.35. The van der Waals surface area contributed by atoms with Gasteiger partial charge in [0.15, 0.2) is 5.15 Å². The van der Waals surface area contributed by atoms with Gasteiger partial charge in [-0.2, -0.15) is 0 Å². The van der Waals surface area contributed by atoms with Gasteiger partial charge in [0.25, 0.3) is 0 Å². The van der Waals surface area contributed by atoms with Crippen LogP contribution < -0.4 is 10.1 Å². The van der Waals surface area contributed by atoms with Gasteiger partial charge in [0.2, 0.25) is 0 Å². The highest BCUT2D eigenvalue weighted by molar-refractivity contribution is 6.31. The third-order valence-electron chi connectivity index (χ3n) is 3.18. The van der Waals surface area contributed by atoms with Crippen molar-refractivity contribution < 1.29 is 4.74 Å². The molecule has 4 nitrogen and oxygen atoms in total. The van der Waals surface area contributed by atoms with E-state index in [0.717, 1.165) is 28.0 Å². The molecule has 0 spiro atoms. The fraction of sp³-hybridized carbons (Fsp3) is 0.125. The van der Waals surface area contributed by atoms with Gasteiger partial charge in [-0.25, -0.2) is 9.97 Å². The lowest BCUT2D eigenvalue weighted by Crippen LogP contribution is -2.03. The number of ether oxygens (including phenoxy) is 1. The average molecular weight is 300 g/mol. The number of halogens is 1. The van der Waals surface area contributed by atoms with E-state index in [4.69, 9.17) is 16.3 Å². The van der Waals surface area contributed by atoms with E-state index < -0.39 is 0 Å². The Morgan fingerprint density at radius 2 is 2.05 bits per heavy atom. The molecule has 0 atom stereocenters. The maximum absolute atomic E-state index is 6.02. The van der Waals surface area contributed by atoms with Crippen molar-refractivity contribution in [1.29, 1.82) is 0 Å². The quantitative estimate of drug-likeness (QED) is 0.742. The monoisotopic (exact) mass is 299 g/mol. The highest BCUT2D eigenvalue weighted by Crippen LogP contribution is 2.24. The predicted octanol–water partition coefficient (Wildman–Crippen LogP) is 3.90. The first-order chi connectivity index (χ1) is 10.3. The van der Waals surface area contributed by atoms with Crippen LogP contribution in [-0.4, -0.2) is 17.1 Å². The molecule has 0 amide bonds. The molecule has 21 heavy (non-hydrogen) atoms. The van der Waals surface area contributed by atoms with Crippen LogP contribution in [0.4, 0.5) is 5.69 Å². The first kappa shape index (κ1) is 13.6. The Morgan fingerprint density at radius 1 is 1.14 bits per heavy atom. The number of nitrogens with zero attached hydrogens (tertiary/aromatic N) is 2. The first-order valence-corrected chi connectivity index (χ1v) is 6.93. The Kier molecular flexibility index (Phi) is 3.88. The number of para-hydroxylation sites is 1. The van der Waals surface area contributed by atoms with E-state index in [2.05, 4.69) is 15.3 Å². The van der Waals surface area contributed by atoms with Crippen LogP contribution in [0.15, 0.2) is 48.7 Å². The molecule has 0 aliphatic carbocycles. The molecule has 1 N–H and O–H groups in total. The lowest BCUT2D eigenvalue weighted by molar-refractivity contribution is 0.419. The van der Waals surface area contributed by atoms with Crippen molar-refractivity contribution in [3.05, 3.63) is 59.5 Å². The van der Waals surface area contributed by atoms with Gasteiger partial charge in [0, 0.05) is 11.6 Å². The first-order valence-electron chi connectivity index (χ1n) is 6.55. The molecule has 0 bridgehead atoms. The van der Waals surface area contributed by atoms with Crippen LogP contribution in [-0.2, 0) is 6.54 Å². The number of methoxy groups -OCH3 is 1. The fourth-order valence-electron chi connectivity index (χ4n) is 2.13. The lowest BCUT2D eigenvalue weighted by atomic mass is 10.2. The van der Waals surface area contributed by atoms with Crippen LogP contribution in [0.1, 0.15) is 5.69 Å².